The third-order valence-corrected chi connectivity index (χ3v) is 2.95. The summed E-state index contributed by atoms with van der Waals surface area (Å²) in [4.78, 5) is 0. The average molecular weight is 247 g/mol. The zero-order valence-corrected chi connectivity index (χ0v) is 10.4. The van der Waals surface area contributed by atoms with Crippen molar-refractivity contribution in [2.24, 2.45) is 0 Å². The van der Waals surface area contributed by atoms with Gasteiger partial charge in [0, 0.05) is 10.0 Å². The van der Waals surface area contributed by atoms with Crippen molar-refractivity contribution in [3.63, 3.8) is 0 Å². The van der Waals surface area contributed by atoms with E-state index in [1.165, 1.54) is 0 Å². The number of hydrogen-bond donors (Lipinski definition) is 1. The van der Waals surface area contributed by atoms with Crippen LogP contribution in [0.5, 0.6) is 0 Å². The predicted octanol–water partition coefficient (Wildman–Crippen LogP) is 4.09. The molecule has 0 bridgehead atoms. The molecule has 1 rings (SSSR count). The molecule has 1 nitrogen and oxygen atoms in total. The van der Waals surface area contributed by atoms with Gasteiger partial charge in [0.25, 0.3) is 0 Å². The highest BCUT2D eigenvalue weighted by Gasteiger charge is 2.08. The van der Waals surface area contributed by atoms with E-state index in [2.05, 4.69) is 6.92 Å². The molecule has 84 valence electrons. The van der Waals surface area contributed by atoms with Gasteiger partial charge in [-0.1, -0.05) is 49.0 Å². The molecule has 0 amide bonds. The van der Waals surface area contributed by atoms with Crippen molar-refractivity contribution in [1.29, 1.82) is 0 Å². The van der Waals surface area contributed by atoms with Crippen molar-refractivity contribution in [2.45, 2.75) is 38.7 Å². The molecule has 0 aliphatic carbocycles. The normalized spacial score (nSPS) is 12.8. The van der Waals surface area contributed by atoms with Gasteiger partial charge in [0.15, 0.2) is 0 Å². The lowest BCUT2D eigenvalue weighted by atomic mass is 10.0. The van der Waals surface area contributed by atoms with Crippen LogP contribution in [-0.4, -0.2) is 11.2 Å². The zero-order valence-electron chi connectivity index (χ0n) is 8.84. The van der Waals surface area contributed by atoms with Crippen LogP contribution < -0.4 is 0 Å². The quantitative estimate of drug-likeness (QED) is 0.830. The van der Waals surface area contributed by atoms with Crippen LogP contribution in [0.3, 0.4) is 0 Å². The summed E-state index contributed by atoms with van der Waals surface area (Å²) in [5.41, 5.74) is 0.963. The van der Waals surface area contributed by atoms with E-state index in [1.807, 2.05) is 6.07 Å². The topological polar surface area (TPSA) is 20.2 Å². The first kappa shape index (κ1) is 12.8. The molecule has 3 heteroatoms. The zero-order chi connectivity index (χ0) is 11.3. The van der Waals surface area contributed by atoms with Gasteiger partial charge in [-0.05, 0) is 30.5 Å². The molecule has 15 heavy (non-hydrogen) atoms. The van der Waals surface area contributed by atoms with E-state index < -0.39 is 0 Å². The van der Waals surface area contributed by atoms with Crippen molar-refractivity contribution in [3.05, 3.63) is 33.8 Å². The lowest BCUT2D eigenvalue weighted by Gasteiger charge is -2.11. The van der Waals surface area contributed by atoms with Crippen LogP contribution in [0.15, 0.2) is 18.2 Å². The predicted molar refractivity (Wildman–Crippen MR) is 65.7 cm³/mol. The number of benzene rings is 1. The Morgan fingerprint density at radius 2 is 2.07 bits per heavy atom. The number of hydrogen-bond acceptors (Lipinski definition) is 1. The molecule has 0 aliphatic heterocycles. The molecule has 1 aromatic rings. The van der Waals surface area contributed by atoms with Gasteiger partial charge < -0.3 is 5.11 Å². The van der Waals surface area contributed by atoms with E-state index in [9.17, 15) is 5.11 Å². The minimum absolute atomic E-state index is 0.302. The Bertz CT molecular complexity index is 312. The second kappa shape index (κ2) is 6.37. The Morgan fingerprint density at radius 1 is 1.33 bits per heavy atom. The lowest BCUT2D eigenvalue weighted by molar-refractivity contribution is 0.162. The van der Waals surface area contributed by atoms with Gasteiger partial charge in [-0.25, -0.2) is 0 Å². The van der Waals surface area contributed by atoms with Gasteiger partial charge in [-0.2, -0.15) is 0 Å². The van der Waals surface area contributed by atoms with Crippen molar-refractivity contribution < 1.29 is 5.11 Å². The molecule has 1 unspecified atom stereocenters. The Balaban J connectivity index is 2.56. The molecule has 0 saturated heterocycles. The van der Waals surface area contributed by atoms with Gasteiger partial charge >= 0.3 is 0 Å². The molecule has 0 aliphatic rings. The SMILES string of the molecule is CCCCC(O)Cc1ccc(Cl)cc1Cl. The number of aliphatic hydroxyl groups excluding tert-OH is 1. The standard InChI is InChI=1S/C12H16Cl2O/c1-2-3-4-11(15)7-9-5-6-10(13)8-12(9)14/h5-6,8,11,15H,2-4,7H2,1H3. The maximum absolute atomic E-state index is 9.74. The fourth-order valence-electron chi connectivity index (χ4n) is 1.48. The summed E-state index contributed by atoms with van der Waals surface area (Å²) >= 11 is 11.8. The molecule has 0 heterocycles. The van der Waals surface area contributed by atoms with Crippen molar-refractivity contribution >= 4 is 23.2 Å². The van der Waals surface area contributed by atoms with Gasteiger partial charge in [0.2, 0.25) is 0 Å². The largest absolute Gasteiger partial charge is 0.393 e. The number of halogens is 2. The molecule has 0 saturated carbocycles. The molecular formula is C12H16Cl2O. The summed E-state index contributed by atoms with van der Waals surface area (Å²) in [6.45, 7) is 2.11. The van der Waals surface area contributed by atoms with E-state index in [4.69, 9.17) is 23.2 Å². The number of unbranched alkanes of at least 4 members (excludes halogenated alkanes) is 1. The monoisotopic (exact) mass is 246 g/mol. The van der Waals surface area contributed by atoms with Crippen LogP contribution in [0.1, 0.15) is 31.7 Å². The van der Waals surface area contributed by atoms with Crippen LogP contribution in [0.4, 0.5) is 0 Å². The van der Waals surface area contributed by atoms with Crippen molar-refractivity contribution in [1.82, 2.24) is 0 Å². The minimum Gasteiger partial charge on any atom is -0.393 e. The maximum Gasteiger partial charge on any atom is 0.0581 e. The number of rotatable bonds is 5. The third-order valence-electron chi connectivity index (χ3n) is 2.36. The first-order valence-electron chi connectivity index (χ1n) is 5.25. The molecule has 0 aromatic heterocycles. The van der Waals surface area contributed by atoms with E-state index in [-0.39, 0.29) is 6.10 Å². The highest BCUT2D eigenvalue weighted by molar-refractivity contribution is 6.35. The van der Waals surface area contributed by atoms with Crippen LogP contribution in [0, 0.1) is 0 Å². The summed E-state index contributed by atoms with van der Waals surface area (Å²) in [5.74, 6) is 0. The lowest BCUT2D eigenvalue weighted by Crippen LogP contribution is -2.10. The fourth-order valence-corrected chi connectivity index (χ4v) is 1.97. The maximum atomic E-state index is 9.74. The first-order chi connectivity index (χ1) is 7.13. The Kier molecular flexibility index (Phi) is 5.44. The van der Waals surface area contributed by atoms with Crippen LogP contribution in [0.2, 0.25) is 10.0 Å². The summed E-state index contributed by atoms with van der Waals surface area (Å²) < 4.78 is 0. The fraction of sp³-hybridized carbons (Fsp3) is 0.500. The third kappa shape index (κ3) is 4.42. The van der Waals surface area contributed by atoms with E-state index in [1.54, 1.807) is 12.1 Å². The molecule has 1 aromatic carbocycles. The second-order valence-corrected chi connectivity index (χ2v) is 4.58. The summed E-state index contributed by atoms with van der Waals surface area (Å²) in [6.07, 6.45) is 3.28. The van der Waals surface area contributed by atoms with Gasteiger partial charge in [-0.15, -0.1) is 0 Å². The van der Waals surface area contributed by atoms with Gasteiger partial charge in [-0.3, -0.25) is 0 Å². The van der Waals surface area contributed by atoms with Crippen LogP contribution in [-0.2, 0) is 6.42 Å². The van der Waals surface area contributed by atoms with E-state index in [0.29, 0.717) is 16.5 Å². The minimum atomic E-state index is -0.302. The Hall–Kier alpha value is -0.240. The first-order valence-corrected chi connectivity index (χ1v) is 6.01. The van der Waals surface area contributed by atoms with Crippen LogP contribution >= 0.6 is 23.2 Å². The summed E-state index contributed by atoms with van der Waals surface area (Å²) in [7, 11) is 0. The molecule has 1 N–H and O–H groups in total. The average Bonchev–Trinajstić information content (AvgIpc) is 2.19. The number of aliphatic hydroxyl groups is 1. The highest BCUT2D eigenvalue weighted by atomic mass is 35.5. The molecule has 1 atom stereocenters. The van der Waals surface area contributed by atoms with E-state index in [0.717, 1.165) is 24.8 Å². The smallest absolute Gasteiger partial charge is 0.0581 e. The molecule has 0 radical (unpaired) electrons. The second-order valence-electron chi connectivity index (χ2n) is 3.74. The van der Waals surface area contributed by atoms with Crippen molar-refractivity contribution in [3.8, 4) is 0 Å². The van der Waals surface area contributed by atoms with Gasteiger partial charge in [0.1, 0.15) is 0 Å². The molecule has 0 fully saturated rings. The van der Waals surface area contributed by atoms with Crippen LogP contribution in [0.25, 0.3) is 0 Å². The van der Waals surface area contributed by atoms with E-state index >= 15 is 0 Å². The molecular weight excluding hydrogens is 231 g/mol. The van der Waals surface area contributed by atoms with Crippen molar-refractivity contribution in [2.75, 3.05) is 0 Å². The highest BCUT2D eigenvalue weighted by Crippen LogP contribution is 2.22. The summed E-state index contributed by atoms with van der Waals surface area (Å²) in [6, 6.07) is 5.39. The Labute approximate surface area is 101 Å². The Morgan fingerprint density at radius 3 is 2.67 bits per heavy atom. The van der Waals surface area contributed by atoms with Gasteiger partial charge in [0.05, 0.1) is 6.10 Å². The molecule has 0 spiro atoms. The summed E-state index contributed by atoms with van der Waals surface area (Å²) in [5, 5.41) is 11.0.